The quantitative estimate of drug-likeness (QED) is 0.557. The molecule has 2 aromatic rings. The maximum absolute atomic E-state index is 14.4. The number of aromatic carboxylic acids is 1. The van der Waals surface area contributed by atoms with Crippen LogP contribution in [0.2, 0.25) is 5.02 Å². The van der Waals surface area contributed by atoms with Crippen LogP contribution < -0.4 is 4.74 Å². The van der Waals surface area contributed by atoms with Gasteiger partial charge in [0.05, 0.1) is 22.0 Å². The fraction of sp³-hybridized carbons (Fsp3) is 0.520. The number of rotatable bonds is 7. The Labute approximate surface area is 192 Å². The number of benzene rings is 1. The van der Waals surface area contributed by atoms with E-state index in [0.29, 0.717) is 11.7 Å². The zero-order valence-corrected chi connectivity index (χ0v) is 18.9. The van der Waals surface area contributed by atoms with E-state index in [9.17, 15) is 14.3 Å². The van der Waals surface area contributed by atoms with Crippen molar-refractivity contribution < 1.29 is 19.0 Å². The molecule has 1 aromatic carbocycles. The summed E-state index contributed by atoms with van der Waals surface area (Å²) in [6, 6.07) is 6.83. The Morgan fingerprint density at radius 2 is 1.97 bits per heavy atom. The summed E-state index contributed by atoms with van der Waals surface area (Å²) in [4.78, 5) is 18.6. The van der Waals surface area contributed by atoms with Crippen LogP contribution in [0.3, 0.4) is 0 Å². The fourth-order valence-electron chi connectivity index (χ4n) is 4.68. The van der Waals surface area contributed by atoms with Crippen LogP contribution in [0.15, 0.2) is 24.3 Å². The van der Waals surface area contributed by atoms with Crippen LogP contribution in [-0.2, 0) is 0 Å². The van der Waals surface area contributed by atoms with Gasteiger partial charge in [0.2, 0.25) is 0 Å². The van der Waals surface area contributed by atoms with E-state index in [1.807, 2.05) is 12.1 Å². The number of likely N-dealkylation sites (tertiary alicyclic amines) is 1. The molecule has 0 amide bonds. The first-order valence-electron chi connectivity index (χ1n) is 11.5. The maximum atomic E-state index is 14.4. The molecule has 5 rings (SSSR count). The van der Waals surface area contributed by atoms with Gasteiger partial charge in [0.1, 0.15) is 17.7 Å². The standard InChI is InChI=1S/C25H28ClFN2O3/c1-14(22-9-8-20(26)24(28-22)16-6-7-16)29-10-2-3-17(13-29)32-23-12-21(27)19(25(30)31)11-18(23)15-4-5-15/h8-9,11-12,14-17H,2-7,10,13H2,1H3,(H,30,31)/t14-,17?/m0/s1. The van der Waals surface area contributed by atoms with Crippen molar-refractivity contribution in [1.29, 1.82) is 0 Å². The van der Waals surface area contributed by atoms with Gasteiger partial charge in [-0.3, -0.25) is 9.88 Å². The van der Waals surface area contributed by atoms with Gasteiger partial charge in [-0.2, -0.15) is 0 Å². The number of hydrogen-bond donors (Lipinski definition) is 1. The molecular formula is C25H28ClFN2O3. The molecule has 2 heterocycles. The van der Waals surface area contributed by atoms with Crippen LogP contribution >= 0.6 is 11.6 Å². The number of carbonyl (C=O) groups is 1. The average Bonchev–Trinajstić information content (AvgIpc) is 3.67. The normalized spacial score (nSPS) is 22.5. The zero-order chi connectivity index (χ0) is 22.4. The van der Waals surface area contributed by atoms with Crippen molar-refractivity contribution in [3.8, 4) is 5.75 Å². The first kappa shape index (κ1) is 21.7. The summed E-state index contributed by atoms with van der Waals surface area (Å²) < 4.78 is 20.7. The average molecular weight is 459 g/mol. The summed E-state index contributed by atoms with van der Waals surface area (Å²) in [7, 11) is 0. The van der Waals surface area contributed by atoms with E-state index < -0.39 is 11.8 Å². The van der Waals surface area contributed by atoms with Crippen LogP contribution in [-0.4, -0.2) is 40.2 Å². The summed E-state index contributed by atoms with van der Waals surface area (Å²) in [6.07, 6.45) is 6.08. The second-order valence-corrected chi connectivity index (χ2v) is 9.79. The third-order valence-corrected chi connectivity index (χ3v) is 7.20. The van der Waals surface area contributed by atoms with Crippen LogP contribution in [0.4, 0.5) is 4.39 Å². The number of pyridine rings is 1. The number of nitrogens with zero attached hydrogens (tertiary/aromatic N) is 2. The highest BCUT2D eigenvalue weighted by Gasteiger charge is 2.33. The molecule has 0 radical (unpaired) electrons. The summed E-state index contributed by atoms with van der Waals surface area (Å²) in [5.74, 6) is -0.723. The fourth-order valence-corrected chi connectivity index (χ4v) is 4.94. The summed E-state index contributed by atoms with van der Waals surface area (Å²) in [5.41, 5.74) is 2.58. The van der Waals surface area contributed by atoms with E-state index >= 15 is 0 Å². The molecule has 170 valence electrons. The highest BCUT2D eigenvalue weighted by Crippen LogP contribution is 2.46. The lowest BCUT2D eigenvalue weighted by molar-refractivity contribution is 0.0636. The van der Waals surface area contributed by atoms with Gasteiger partial charge in [0, 0.05) is 24.6 Å². The van der Waals surface area contributed by atoms with Crippen molar-refractivity contribution in [3.63, 3.8) is 0 Å². The van der Waals surface area contributed by atoms with Crippen LogP contribution in [0.5, 0.6) is 5.75 Å². The molecular weight excluding hydrogens is 431 g/mol. The predicted octanol–water partition coefficient (Wildman–Crippen LogP) is 5.93. The number of carboxylic acid groups (broad SMARTS) is 1. The Bertz CT molecular complexity index is 1040. The van der Waals surface area contributed by atoms with Crippen LogP contribution in [0.25, 0.3) is 0 Å². The molecule has 32 heavy (non-hydrogen) atoms. The molecule has 2 saturated carbocycles. The molecule has 1 unspecified atom stereocenters. The number of hydrogen-bond acceptors (Lipinski definition) is 4. The molecule has 0 bridgehead atoms. The molecule has 2 atom stereocenters. The van der Waals surface area contributed by atoms with Crippen LogP contribution in [0, 0.1) is 5.82 Å². The van der Waals surface area contributed by atoms with Gasteiger partial charge in [-0.1, -0.05) is 11.6 Å². The maximum Gasteiger partial charge on any atom is 0.338 e. The molecule has 1 aliphatic heterocycles. The Morgan fingerprint density at radius 3 is 2.66 bits per heavy atom. The molecule has 5 nitrogen and oxygen atoms in total. The second-order valence-electron chi connectivity index (χ2n) is 9.38. The van der Waals surface area contributed by atoms with E-state index in [1.54, 1.807) is 0 Å². The van der Waals surface area contributed by atoms with Gasteiger partial charge in [-0.05, 0) is 81.7 Å². The Kier molecular flexibility index (Phi) is 5.84. The highest BCUT2D eigenvalue weighted by atomic mass is 35.5. The third-order valence-electron chi connectivity index (χ3n) is 6.88. The second kappa shape index (κ2) is 8.64. The van der Waals surface area contributed by atoms with Crippen LogP contribution in [0.1, 0.15) is 90.6 Å². The zero-order valence-electron chi connectivity index (χ0n) is 18.2. The molecule has 0 spiro atoms. The van der Waals surface area contributed by atoms with Crippen molar-refractivity contribution in [2.45, 2.75) is 69.4 Å². The first-order valence-corrected chi connectivity index (χ1v) is 11.9. The van der Waals surface area contributed by atoms with Crippen molar-refractivity contribution in [2.75, 3.05) is 13.1 Å². The summed E-state index contributed by atoms with van der Waals surface area (Å²) in [6.45, 7) is 3.83. The first-order chi connectivity index (χ1) is 15.4. The molecule has 1 aromatic heterocycles. The SMILES string of the molecule is C[C@@H](c1ccc(Cl)c(C2CC2)n1)N1CCCC(Oc2cc(F)c(C(=O)O)cc2C2CC2)C1. The van der Waals surface area contributed by atoms with E-state index in [0.717, 1.165) is 73.6 Å². The lowest BCUT2D eigenvalue weighted by atomic mass is 10.0. The molecule has 7 heteroatoms. The third kappa shape index (κ3) is 4.48. The number of carboxylic acids is 1. The number of piperidine rings is 1. The Hall–Kier alpha value is -2.18. The largest absolute Gasteiger partial charge is 0.489 e. The van der Waals surface area contributed by atoms with Gasteiger partial charge in [-0.15, -0.1) is 0 Å². The molecule has 2 aliphatic carbocycles. The smallest absolute Gasteiger partial charge is 0.338 e. The number of halogens is 2. The summed E-state index contributed by atoms with van der Waals surface area (Å²) >= 11 is 6.36. The predicted molar refractivity (Wildman–Crippen MR) is 120 cm³/mol. The van der Waals surface area contributed by atoms with Gasteiger partial charge in [0.15, 0.2) is 0 Å². The van der Waals surface area contributed by atoms with Crippen molar-refractivity contribution in [2.24, 2.45) is 0 Å². The molecule has 3 fully saturated rings. The van der Waals surface area contributed by atoms with E-state index in [2.05, 4.69) is 11.8 Å². The monoisotopic (exact) mass is 458 g/mol. The minimum Gasteiger partial charge on any atom is -0.489 e. The minimum atomic E-state index is -1.24. The van der Waals surface area contributed by atoms with Gasteiger partial charge in [0.25, 0.3) is 0 Å². The lowest BCUT2D eigenvalue weighted by Gasteiger charge is -2.37. The lowest BCUT2D eigenvalue weighted by Crippen LogP contribution is -2.42. The Balaban J connectivity index is 1.32. The van der Waals surface area contributed by atoms with E-state index in [1.165, 1.54) is 12.1 Å². The van der Waals surface area contributed by atoms with Crippen molar-refractivity contribution in [3.05, 3.63) is 57.6 Å². The summed E-state index contributed by atoms with van der Waals surface area (Å²) in [5, 5.41) is 10.0. The molecule has 3 aliphatic rings. The molecule has 1 N–H and O–H groups in total. The van der Waals surface area contributed by atoms with Gasteiger partial charge in [-0.25, -0.2) is 9.18 Å². The van der Waals surface area contributed by atoms with Crippen molar-refractivity contribution >= 4 is 17.6 Å². The highest BCUT2D eigenvalue weighted by molar-refractivity contribution is 6.31. The van der Waals surface area contributed by atoms with Gasteiger partial charge < -0.3 is 9.84 Å². The Morgan fingerprint density at radius 1 is 1.22 bits per heavy atom. The van der Waals surface area contributed by atoms with Gasteiger partial charge >= 0.3 is 5.97 Å². The van der Waals surface area contributed by atoms with Crippen molar-refractivity contribution in [1.82, 2.24) is 9.88 Å². The topological polar surface area (TPSA) is 62.7 Å². The van der Waals surface area contributed by atoms with E-state index in [4.69, 9.17) is 21.3 Å². The van der Waals surface area contributed by atoms with E-state index in [-0.39, 0.29) is 23.6 Å². The minimum absolute atomic E-state index is 0.0750. The number of aromatic nitrogens is 1. The molecule has 1 saturated heterocycles. The number of ether oxygens (including phenoxy) is 1.